The van der Waals surface area contributed by atoms with E-state index in [0.717, 1.165) is 16.9 Å². The highest BCUT2D eigenvalue weighted by Crippen LogP contribution is 2.37. The van der Waals surface area contributed by atoms with Crippen LogP contribution in [0.1, 0.15) is 36.6 Å². The van der Waals surface area contributed by atoms with Crippen LogP contribution in [0.4, 0.5) is 5.69 Å². The predicted molar refractivity (Wildman–Crippen MR) is 207 cm³/mol. The fourth-order valence-corrected chi connectivity index (χ4v) is 8.31. The Morgan fingerprint density at radius 2 is 1.78 bits per heavy atom. The number of benzene rings is 4. The molecule has 54 heavy (non-hydrogen) atoms. The van der Waals surface area contributed by atoms with E-state index >= 15 is 0 Å². The zero-order chi connectivity index (χ0) is 37.9. The van der Waals surface area contributed by atoms with Gasteiger partial charge in [-0.1, -0.05) is 77.5 Å². The lowest BCUT2D eigenvalue weighted by atomic mass is 9.93. The van der Waals surface area contributed by atoms with Crippen molar-refractivity contribution in [2.24, 2.45) is 4.99 Å². The van der Waals surface area contributed by atoms with Gasteiger partial charge in [0.25, 0.3) is 11.2 Å². The molecule has 0 N–H and O–H groups in total. The van der Waals surface area contributed by atoms with Crippen LogP contribution in [0.15, 0.2) is 122 Å². The van der Waals surface area contributed by atoms with Crippen molar-refractivity contribution in [2.75, 3.05) is 13.7 Å². The molecule has 0 spiro atoms. The number of carbonyl (C=O) groups is 1. The molecule has 4 aromatic carbocycles. The Hall–Kier alpha value is -5.83. The van der Waals surface area contributed by atoms with Crippen molar-refractivity contribution >= 4 is 58.1 Å². The van der Waals surface area contributed by atoms with Crippen LogP contribution < -0.4 is 19.6 Å². The number of ether oxygens (including phenoxy) is 2. The molecule has 7 rings (SSSR count). The minimum Gasteiger partial charge on any atom is -0.497 e. The van der Waals surface area contributed by atoms with Crippen molar-refractivity contribution in [3.63, 3.8) is 0 Å². The Morgan fingerprint density at radius 3 is 2.50 bits per heavy atom. The lowest BCUT2D eigenvalue weighted by molar-refractivity contribution is -0.384. The highest BCUT2D eigenvalue weighted by atomic mass is 35.5. The number of hydrogen-bond donors (Lipinski definition) is 0. The number of fused-ring (bicyclic) bond motifs is 1. The number of nitrogens with zero attached hydrogens (tertiary/aromatic N) is 6. The maximum Gasteiger partial charge on any atom is 0.338 e. The first-order chi connectivity index (χ1) is 26.2. The molecule has 272 valence electrons. The lowest BCUT2D eigenvalue weighted by Gasteiger charge is -2.26. The second-order valence-electron chi connectivity index (χ2n) is 11.9. The maximum atomic E-state index is 14.6. The zero-order valence-corrected chi connectivity index (χ0v) is 31.5. The van der Waals surface area contributed by atoms with Crippen molar-refractivity contribution in [3.05, 3.63) is 154 Å². The van der Waals surface area contributed by atoms with Crippen molar-refractivity contribution in [1.82, 2.24) is 19.3 Å². The van der Waals surface area contributed by atoms with Crippen LogP contribution in [0.5, 0.6) is 5.75 Å². The molecule has 1 aliphatic rings. The fourth-order valence-electron chi connectivity index (χ4n) is 6.15. The first-order valence-electron chi connectivity index (χ1n) is 16.8. The van der Waals surface area contributed by atoms with E-state index < -0.39 is 22.5 Å². The molecular formula is C39H31ClN6O6S2. The monoisotopic (exact) mass is 778 g/mol. The topological polar surface area (TPSA) is 144 Å². The SMILES string of the molecule is CCOC(=O)C1=C(c2ccccc2)N=c2s/c(=C/c3cc([N+](=O)[O-])ccc3Sc3nnc(-c4cccc(Cl)c4)n3CC)c(=O)n2[C@H]1c1cccc(OC)c1. The summed E-state index contributed by atoms with van der Waals surface area (Å²) in [6, 6.07) is 27.2. The van der Waals surface area contributed by atoms with E-state index in [9.17, 15) is 19.7 Å². The molecule has 0 aliphatic carbocycles. The van der Waals surface area contributed by atoms with Gasteiger partial charge in [0.1, 0.15) is 5.75 Å². The van der Waals surface area contributed by atoms with Crippen molar-refractivity contribution < 1.29 is 19.2 Å². The van der Waals surface area contributed by atoms with Crippen LogP contribution in [0, 0.1) is 10.1 Å². The van der Waals surface area contributed by atoms with Gasteiger partial charge >= 0.3 is 5.97 Å². The number of esters is 1. The summed E-state index contributed by atoms with van der Waals surface area (Å²) in [5.41, 5.74) is 2.45. The van der Waals surface area contributed by atoms with E-state index in [1.54, 1.807) is 49.4 Å². The summed E-state index contributed by atoms with van der Waals surface area (Å²) in [6.45, 7) is 4.33. The van der Waals surface area contributed by atoms with Gasteiger partial charge in [-0.3, -0.25) is 19.5 Å². The van der Waals surface area contributed by atoms with Crippen LogP contribution in [0.2, 0.25) is 5.02 Å². The molecular weight excluding hydrogens is 748 g/mol. The number of halogens is 1. The quantitative estimate of drug-likeness (QED) is 0.0777. The number of carbonyl (C=O) groups excluding carboxylic acids is 1. The standard InChI is InChI=1S/C39H31ClN6O6S2/c1-4-44-35(25-14-9-15-27(40)19-25)42-43-39(44)53-30-18-17-28(46(49)50)20-26(30)22-31-36(47)45-34(24-13-10-16-29(21-24)51-3)32(37(48)52-5-2)33(41-38(45)54-31)23-11-7-6-8-12-23/h6-22,34H,4-5H2,1-3H3/b31-22+/t34-/m0/s1. The van der Waals surface area contributed by atoms with E-state index in [2.05, 4.69) is 10.2 Å². The van der Waals surface area contributed by atoms with Crippen LogP contribution in [-0.4, -0.2) is 43.9 Å². The van der Waals surface area contributed by atoms with Crippen molar-refractivity contribution in [2.45, 2.75) is 36.5 Å². The molecule has 2 aromatic heterocycles. The highest BCUT2D eigenvalue weighted by molar-refractivity contribution is 7.99. The summed E-state index contributed by atoms with van der Waals surface area (Å²) in [5.74, 6) is 0.535. The third kappa shape index (κ3) is 7.10. The highest BCUT2D eigenvalue weighted by Gasteiger charge is 2.35. The molecule has 0 amide bonds. The number of hydrogen-bond acceptors (Lipinski definition) is 11. The Balaban J connectivity index is 1.43. The first-order valence-corrected chi connectivity index (χ1v) is 18.8. The van der Waals surface area contributed by atoms with Gasteiger partial charge in [-0.25, -0.2) is 9.79 Å². The largest absolute Gasteiger partial charge is 0.497 e. The zero-order valence-electron chi connectivity index (χ0n) is 29.1. The van der Waals surface area contributed by atoms with Crippen LogP contribution >= 0.6 is 34.7 Å². The Morgan fingerprint density at radius 1 is 1.00 bits per heavy atom. The number of rotatable bonds is 11. The molecule has 0 bridgehead atoms. The average molecular weight is 779 g/mol. The number of methoxy groups -OCH3 is 1. The number of non-ortho nitro benzene ring substituents is 1. The molecule has 1 aliphatic heterocycles. The van der Waals surface area contributed by atoms with Crippen molar-refractivity contribution in [3.8, 4) is 17.1 Å². The first kappa shape index (κ1) is 36.5. The summed E-state index contributed by atoms with van der Waals surface area (Å²) in [7, 11) is 1.54. The fraction of sp³-hybridized carbons (Fsp3) is 0.154. The van der Waals surface area contributed by atoms with Gasteiger partial charge in [0, 0.05) is 39.7 Å². The molecule has 15 heteroatoms. The molecule has 0 saturated heterocycles. The van der Waals surface area contributed by atoms with Gasteiger partial charge in [0.05, 0.1) is 40.5 Å². The van der Waals surface area contributed by atoms with Crippen LogP contribution in [0.25, 0.3) is 23.2 Å². The van der Waals surface area contributed by atoms with Gasteiger partial charge in [0.2, 0.25) is 0 Å². The van der Waals surface area contributed by atoms with Crippen LogP contribution in [-0.2, 0) is 16.1 Å². The summed E-state index contributed by atoms with van der Waals surface area (Å²) in [6.07, 6.45) is 1.61. The second-order valence-corrected chi connectivity index (χ2v) is 14.3. The van der Waals surface area contributed by atoms with Crippen LogP contribution in [0.3, 0.4) is 0 Å². The van der Waals surface area contributed by atoms with E-state index in [4.69, 9.17) is 26.1 Å². The number of aromatic nitrogens is 4. The molecule has 0 saturated carbocycles. The third-order valence-corrected chi connectivity index (χ3v) is 10.9. The molecule has 0 fully saturated rings. The maximum absolute atomic E-state index is 14.6. The molecule has 0 unspecified atom stereocenters. The Bertz CT molecular complexity index is 2640. The second kappa shape index (κ2) is 15.6. The molecule has 3 heterocycles. The Kier molecular flexibility index (Phi) is 10.6. The molecule has 6 aromatic rings. The van der Waals surface area contributed by atoms with Gasteiger partial charge in [0.15, 0.2) is 15.8 Å². The van der Waals surface area contributed by atoms with E-state index in [1.165, 1.54) is 35.6 Å². The van der Waals surface area contributed by atoms with Gasteiger partial charge in [-0.05, 0) is 73.1 Å². The van der Waals surface area contributed by atoms with Gasteiger partial charge < -0.3 is 14.0 Å². The lowest BCUT2D eigenvalue weighted by Crippen LogP contribution is -2.40. The number of nitro groups is 1. The van der Waals surface area contributed by atoms with E-state index in [1.807, 2.05) is 60.0 Å². The molecule has 12 nitrogen and oxygen atoms in total. The minimum absolute atomic E-state index is 0.110. The smallest absolute Gasteiger partial charge is 0.338 e. The molecule has 1 atom stereocenters. The summed E-state index contributed by atoms with van der Waals surface area (Å²) in [4.78, 5) is 45.8. The summed E-state index contributed by atoms with van der Waals surface area (Å²) < 4.78 is 14.7. The normalized spacial score (nSPS) is 14.1. The summed E-state index contributed by atoms with van der Waals surface area (Å²) >= 11 is 8.65. The van der Waals surface area contributed by atoms with Gasteiger partial charge in [-0.2, -0.15) is 0 Å². The average Bonchev–Trinajstić information content (AvgIpc) is 3.74. The summed E-state index contributed by atoms with van der Waals surface area (Å²) in [5, 5.41) is 22.0. The number of thiazole rings is 1. The minimum atomic E-state index is -0.931. The van der Waals surface area contributed by atoms with Gasteiger partial charge in [-0.15, -0.1) is 10.2 Å². The molecule has 0 radical (unpaired) electrons. The van der Waals surface area contributed by atoms with Crippen molar-refractivity contribution in [1.29, 1.82) is 0 Å². The van der Waals surface area contributed by atoms with E-state index in [0.29, 0.717) is 60.4 Å². The number of nitro benzene ring substituents is 1. The predicted octanol–water partition coefficient (Wildman–Crippen LogP) is 6.94. The third-order valence-electron chi connectivity index (χ3n) is 8.59. The van der Waals surface area contributed by atoms with E-state index in [-0.39, 0.29) is 22.4 Å². The Labute approximate surface area is 321 Å².